The summed E-state index contributed by atoms with van der Waals surface area (Å²) in [7, 11) is -0.670. The lowest BCUT2D eigenvalue weighted by molar-refractivity contribution is -0.122. The molecule has 1 saturated carbocycles. The Balaban J connectivity index is 1.16. The normalized spacial score (nSPS) is 24.9. The van der Waals surface area contributed by atoms with Gasteiger partial charge in [-0.05, 0) is 94.6 Å². The third-order valence-electron chi connectivity index (χ3n) is 8.98. The van der Waals surface area contributed by atoms with Crippen LogP contribution in [0.1, 0.15) is 62.5 Å². The lowest BCUT2D eigenvalue weighted by Crippen LogP contribution is -2.47. The SMILES string of the molecule is COc1cc(C)c(S(=O)(=O)N(C)CCC(=O)N[C@H]2CC[C@@H](N3CCC(CN4CCC(F)(F)C4)CC3)CC2)c(C)c1. The van der Waals surface area contributed by atoms with Gasteiger partial charge in [0.15, 0.2) is 0 Å². The van der Waals surface area contributed by atoms with E-state index in [0.717, 1.165) is 58.2 Å². The zero-order valence-corrected chi connectivity index (χ0v) is 25.2. The second-order valence-electron chi connectivity index (χ2n) is 12.1. The molecule has 11 heteroatoms. The summed E-state index contributed by atoms with van der Waals surface area (Å²) in [6, 6.07) is 4.04. The van der Waals surface area contributed by atoms with Crippen LogP contribution in [-0.4, -0.2) is 99.9 Å². The molecule has 1 amide bonds. The summed E-state index contributed by atoms with van der Waals surface area (Å²) in [5.74, 6) is -1.53. The number of ether oxygens (including phenoxy) is 1. The van der Waals surface area contributed by atoms with E-state index in [2.05, 4.69) is 10.2 Å². The van der Waals surface area contributed by atoms with Gasteiger partial charge in [0.2, 0.25) is 15.9 Å². The number of carbonyl (C=O) groups excluding carboxylic acids is 1. The predicted octanol–water partition coefficient (Wildman–Crippen LogP) is 3.80. The second-order valence-corrected chi connectivity index (χ2v) is 14.0. The number of rotatable bonds is 10. The number of carbonyl (C=O) groups is 1. The van der Waals surface area contributed by atoms with E-state index in [1.807, 2.05) is 4.90 Å². The zero-order chi connectivity index (χ0) is 29.1. The number of sulfonamides is 1. The number of nitrogens with zero attached hydrogens (tertiary/aromatic N) is 3. The van der Waals surface area contributed by atoms with E-state index in [1.165, 1.54) is 11.4 Å². The Bertz CT molecular complexity index is 1110. The maximum absolute atomic E-state index is 13.5. The van der Waals surface area contributed by atoms with Crippen molar-refractivity contribution in [3.63, 3.8) is 0 Å². The van der Waals surface area contributed by atoms with Crippen molar-refractivity contribution < 1.29 is 26.7 Å². The zero-order valence-electron chi connectivity index (χ0n) is 24.4. The molecule has 4 rings (SSSR count). The van der Waals surface area contributed by atoms with E-state index in [1.54, 1.807) is 33.1 Å². The molecule has 40 heavy (non-hydrogen) atoms. The molecule has 226 valence electrons. The van der Waals surface area contributed by atoms with Gasteiger partial charge in [0, 0.05) is 51.6 Å². The number of hydrogen-bond acceptors (Lipinski definition) is 6. The molecule has 2 aliphatic heterocycles. The average Bonchev–Trinajstić information content (AvgIpc) is 3.25. The Morgan fingerprint density at radius 1 is 1.07 bits per heavy atom. The third-order valence-corrected chi connectivity index (χ3v) is 11.1. The van der Waals surface area contributed by atoms with Crippen molar-refractivity contribution in [3.05, 3.63) is 23.3 Å². The number of amides is 1. The minimum atomic E-state index is -3.73. The molecule has 2 saturated heterocycles. The quantitative estimate of drug-likeness (QED) is 0.451. The number of hydrogen-bond donors (Lipinski definition) is 1. The number of benzene rings is 1. The lowest BCUT2D eigenvalue weighted by Gasteiger charge is -2.41. The van der Waals surface area contributed by atoms with Gasteiger partial charge in [-0.15, -0.1) is 0 Å². The summed E-state index contributed by atoms with van der Waals surface area (Å²) in [6.07, 6.45) is 6.10. The van der Waals surface area contributed by atoms with Gasteiger partial charge in [0.25, 0.3) is 5.92 Å². The van der Waals surface area contributed by atoms with Crippen molar-refractivity contribution in [1.82, 2.24) is 19.4 Å². The summed E-state index contributed by atoms with van der Waals surface area (Å²) >= 11 is 0. The first-order valence-electron chi connectivity index (χ1n) is 14.6. The molecule has 8 nitrogen and oxygen atoms in total. The summed E-state index contributed by atoms with van der Waals surface area (Å²) in [5, 5.41) is 3.12. The highest BCUT2D eigenvalue weighted by atomic mass is 32.2. The first-order chi connectivity index (χ1) is 18.9. The molecule has 1 aromatic carbocycles. The number of piperidine rings is 1. The molecule has 2 heterocycles. The van der Waals surface area contributed by atoms with Gasteiger partial charge in [-0.3, -0.25) is 9.69 Å². The van der Waals surface area contributed by atoms with Gasteiger partial charge in [0.1, 0.15) is 5.75 Å². The molecule has 0 atom stereocenters. The second kappa shape index (κ2) is 13.0. The number of halogens is 2. The van der Waals surface area contributed by atoms with E-state index in [9.17, 15) is 22.0 Å². The van der Waals surface area contributed by atoms with E-state index in [4.69, 9.17) is 4.74 Å². The van der Waals surface area contributed by atoms with Crippen LogP contribution >= 0.6 is 0 Å². The van der Waals surface area contributed by atoms with Gasteiger partial charge in [-0.25, -0.2) is 21.5 Å². The van der Waals surface area contributed by atoms with Crippen LogP contribution in [-0.2, 0) is 14.8 Å². The minimum absolute atomic E-state index is 0.00941. The fraction of sp³-hybridized carbons (Fsp3) is 0.759. The molecule has 0 aromatic heterocycles. The predicted molar refractivity (Wildman–Crippen MR) is 151 cm³/mol. The summed E-state index contributed by atoms with van der Waals surface area (Å²) in [4.78, 5) is 17.4. The van der Waals surface area contributed by atoms with E-state index >= 15 is 0 Å². The minimum Gasteiger partial charge on any atom is -0.497 e. The van der Waals surface area contributed by atoms with Crippen molar-refractivity contribution in [2.24, 2.45) is 5.92 Å². The largest absolute Gasteiger partial charge is 0.497 e. The van der Waals surface area contributed by atoms with Crippen LogP contribution in [0.15, 0.2) is 17.0 Å². The molecule has 1 aromatic rings. The van der Waals surface area contributed by atoms with Gasteiger partial charge >= 0.3 is 0 Å². The molecule has 0 unspecified atom stereocenters. The summed E-state index contributed by atoms with van der Waals surface area (Å²) in [5.41, 5.74) is 1.23. The van der Waals surface area contributed by atoms with E-state index in [-0.39, 0.29) is 42.8 Å². The topological polar surface area (TPSA) is 82.2 Å². The van der Waals surface area contributed by atoms with Crippen LogP contribution in [0.4, 0.5) is 8.78 Å². The molecule has 0 radical (unpaired) electrons. The van der Waals surface area contributed by atoms with Crippen LogP contribution < -0.4 is 10.1 Å². The number of alkyl halides is 2. The van der Waals surface area contributed by atoms with Gasteiger partial charge < -0.3 is 15.0 Å². The maximum Gasteiger partial charge on any atom is 0.261 e. The molecule has 1 aliphatic carbocycles. The monoisotopic (exact) mass is 584 g/mol. The Hall–Kier alpha value is -1.82. The third kappa shape index (κ3) is 7.72. The van der Waals surface area contributed by atoms with Crippen LogP contribution in [0.5, 0.6) is 5.75 Å². The highest BCUT2D eigenvalue weighted by molar-refractivity contribution is 7.89. The van der Waals surface area contributed by atoms with Crippen LogP contribution in [0, 0.1) is 19.8 Å². The Labute approximate surface area is 238 Å². The van der Waals surface area contributed by atoms with Crippen molar-refractivity contribution >= 4 is 15.9 Å². The average molecular weight is 585 g/mol. The smallest absolute Gasteiger partial charge is 0.261 e. The molecule has 0 bridgehead atoms. The molecular weight excluding hydrogens is 538 g/mol. The highest BCUT2D eigenvalue weighted by Gasteiger charge is 2.39. The number of aryl methyl sites for hydroxylation is 2. The van der Waals surface area contributed by atoms with Crippen LogP contribution in [0.25, 0.3) is 0 Å². The molecule has 3 fully saturated rings. The first kappa shape index (κ1) is 31.1. The summed E-state index contributed by atoms with van der Waals surface area (Å²) in [6.45, 7) is 6.86. The molecule has 3 aliphatic rings. The Kier molecular flexibility index (Phi) is 10.1. The number of nitrogens with one attached hydrogen (secondary N) is 1. The summed E-state index contributed by atoms with van der Waals surface area (Å²) < 4.78 is 59.9. The number of likely N-dealkylation sites (tertiary alicyclic amines) is 2. The maximum atomic E-state index is 13.5. The van der Waals surface area contributed by atoms with E-state index < -0.39 is 15.9 Å². The van der Waals surface area contributed by atoms with Gasteiger partial charge in [-0.1, -0.05) is 0 Å². The van der Waals surface area contributed by atoms with E-state index in [0.29, 0.717) is 35.4 Å². The van der Waals surface area contributed by atoms with Crippen molar-refractivity contribution in [3.8, 4) is 5.75 Å². The van der Waals surface area contributed by atoms with Crippen LogP contribution in [0.3, 0.4) is 0 Å². The van der Waals surface area contributed by atoms with Crippen LogP contribution in [0.2, 0.25) is 0 Å². The van der Waals surface area contributed by atoms with Gasteiger partial charge in [-0.2, -0.15) is 0 Å². The fourth-order valence-electron chi connectivity index (χ4n) is 6.68. The van der Waals surface area contributed by atoms with Crippen molar-refractivity contribution in [2.75, 3.05) is 53.4 Å². The fourth-order valence-corrected chi connectivity index (χ4v) is 8.26. The van der Waals surface area contributed by atoms with Gasteiger partial charge in [0.05, 0.1) is 18.6 Å². The standard InChI is InChI=1S/C29H46F2N4O4S/c1-21-17-26(39-4)18-22(2)28(21)40(37,38)33(3)13-11-27(36)32-24-5-7-25(8-6-24)35-14-9-23(10-15-35)19-34-16-12-29(30,31)20-34/h17-18,23-25H,5-16,19-20H2,1-4H3,(H,32,36)/t24-,25+. The number of methoxy groups -OCH3 is 1. The highest BCUT2D eigenvalue weighted by Crippen LogP contribution is 2.31. The molecular formula is C29H46F2N4O4S. The first-order valence-corrected chi connectivity index (χ1v) is 16.1. The molecule has 0 spiro atoms. The van der Waals surface area contributed by atoms with Crippen molar-refractivity contribution in [2.45, 2.75) is 88.1 Å². The lowest BCUT2D eigenvalue weighted by atomic mass is 9.87. The van der Waals surface area contributed by atoms with Crippen molar-refractivity contribution in [1.29, 1.82) is 0 Å². The molecule has 1 N–H and O–H groups in total. The Morgan fingerprint density at radius 2 is 1.70 bits per heavy atom. The Morgan fingerprint density at radius 3 is 2.25 bits per heavy atom.